The van der Waals surface area contributed by atoms with Gasteiger partial charge in [0.15, 0.2) is 0 Å². The molecule has 116 valence electrons. The molecule has 2 aliphatic rings. The molecule has 3 rings (SSSR count). The van der Waals surface area contributed by atoms with Gasteiger partial charge in [-0.3, -0.25) is 15.0 Å². The zero-order chi connectivity index (χ0) is 14.7. The maximum atomic E-state index is 10.9. The summed E-state index contributed by atoms with van der Waals surface area (Å²) in [5, 5.41) is 14.2. The molecule has 0 bridgehead atoms. The van der Waals surface area contributed by atoms with E-state index in [1.807, 2.05) is 0 Å². The Hall–Kier alpha value is -1.40. The van der Waals surface area contributed by atoms with Crippen LogP contribution in [0, 0.1) is 16.0 Å². The highest BCUT2D eigenvalue weighted by atomic mass is 16.6. The zero-order valence-corrected chi connectivity index (χ0v) is 12.3. The summed E-state index contributed by atoms with van der Waals surface area (Å²) in [4.78, 5) is 12.9. The molecule has 1 N–H and O–H groups in total. The highest BCUT2D eigenvalue weighted by molar-refractivity contribution is 5.20. The first-order valence-electron chi connectivity index (χ1n) is 7.94. The Morgan fingerprint density at radius 2 is 1.95 bits per heavy atom. The lowest BCUT2D eigenvalue weighted by Crippen LogP contribution is -2.47. The van der Waals surface area contributed by atoms with E-state index >= 15 is 0 Å². The van der Waals surface area contributed by atoms with E-state index in [9.17, 15) is 10.1 Å². The third kappa shape index (κ3) is 3.27. The van der Waals surface area contributed by atoms with Crippen molar-refractivity contribution in [1.29, 1.82) is 0 Å². The van der Waals surface area contributed by atoms with Crippen LogP contribution in [0.4, 0.5) is 5.88 Å². The fraction of sp³-hybridized carbons (Fsp3) is 0.733. The van der Waals surface area contributed by atoms with Crippen LogP contribution in [0.15, 0.2) is 16.5 Å². The quantitative estimate of drug-likeness (QED) is 0.682. The van der Waals surface area contributed by atoms with Crippen LogP contribution in [0.5, 0.6) is 0 Å². The van der Waals surface area contributed by atoms with Gasteiger partial charge in [0.25, 0.3) is 0 Å². The molecule has 1 atom stereocenters. The number of furan rings is 1. The summed E-state index contributed by atoms with van der Waals surface area (Å²) in [5.74, 6) is 1.19. The van der Waals surface area contributed by atoms with Crippen molar-refractivity contribution in [1.82, 2.24) is 10.2 Å². The molecule has 6 heteroatoms. The van der Waals surface area contributed by atoms with Crippen LogP contribution in [0.25, 0.3) is 0 Å². The number of nitro groups is 1. The fourth-order valence-electron chi connectivity index (χ4n) is 3.72. The number of piperazine rings is 1. The molecule has 1 saturated heterocycles. The van der Waals surface area contributed by atoms with Crippen molar-refractivity contribution in [3.8, 4) is 0 Å². The SMILES string of the molecule is O=[N+]([O-])c1ccc([C@@H](C2CCCCC2)N2CCNCC2)o1. The smallest absolute Gasteiger partial charge is 0.404 e. The molecule has 1 saturated carbocycles. The average Bonchev–Trinajstić information content (AvgIpc) is 3.00. The van der Waals surface area contributed by atoms with Gasteiger partial charge in [-0.15, -0.1) is 0 Å². The highest BCUT2D eigenvalue weighted by Gasteiger charge is 2.34. The Bertz CT molecular complexity index is 458. The second-order valence-corrected chi connectivity index (χ2v) is 6.06. The lowest BCUT2D eigenvalue weighted by atomic mass is 9.82. The van der Waals surface area contributed by atoms with Gasteiger partial charge in [0.05, 0.1) is 12.1 Å². The summed E-state index contributed by atoms with van der Waals surface area (Å²) in [6, 6.07) is 3.49. The van der Waals surface area contributed by atoms with Gasteiger partial charge < -0.3 is 9.73 Å². The first-order valence-corrected chi connectivity index (χ1v) is 7.94. The lowest BCUT2D eigenvalue weighted by molar-refractivity contribution is -0.402. The van der Waals surface area contributed by atoms with Crippen molar-refractivity contribution < 1.29 is 9.34 Å². The molecule has 1 aromatic rings. The van der Waals surface area contributed by atoms with Crippen LogP contribution in [0.3, 0.4) is 0 Å². The van der Waals surface area contributed by atoms with Gasteiger partial charge in [0, 0.05) is 26.2 Å². The van der Waals surface area contributed by atoms with Crippen molar-refractivity contribution in [2.75, 3.05) is 26.2 Å². The third-order valence-corrected chi connectivity index (χ3v) is 4.73. The van der Waals surface area contributed by atoms with Gasteiger partial charge in [-0.25, -0.2) is 0 Å². The molecule has 2 heterocycles. The summed E-state index contributed by atoms with van der Waals surface area (Å²) in [5.41, 5.74) is 0. The van der Waals surface area contributed by atoms with E-state index in [-0.39, 0.29) is 11.9 Å². The van der Waals surface area contributed by atoms with Crippen LogP contribution in [0.1, 0.15) is 43.9 Å². The van der Waals surface area contributed by atoms with Crippen LogP contribution >= 0.6 is 0 Å². The zero-order valence-electron chi connectivity index (χ0n) is 12.3. The normalized spacial score (nSPS) is 23.0. The van der Waals surface area contributed by atoms with Crippen LogP contribution < -0.4 is 5.32 Å². The number of nitrogens with zero attached hydrogens (tertiary/aromatic N) is 2. The summed E-state index contributed by atoms with van der Waals surface area (Å²) < 4.78 is 5.55. The van der Waals surface area contributed by atoms with Crippen LogP contribution in [0.2, 0.25) is 0 Å². The predicted octanol–water partition coefficient (Wildman–Crippen LogP) is 2.71. The van der Waals surface area contributed by atoms with Crippen molar-refractivity contribution in [2.24, 2.45) is 5.92 Å². The van der Waals surface area contributed by atoms with Gasteiger partial charge >= 0.3 is 5.88 Å². The van der Waals surface area contributed by atoms with E-state index in [1.54, 1.807) is 6.07 Å². The van der Waals surface area contributed by atoms with Gasteiger partial charge in [-0.2, -0.15) is 0 Å². The molecule has 1 aliphatic carbocycles. The van der Waals surface area contributed by atoms with Gasteiger partial charge in [-0.05, 0) is 24.8 Å². The maximum Gasteiger partial charge on any atom is 0.433 e. The third-order valence-electron chi connectivity index (χ3n) is 4.73. The Morgan fingerprint density at radius 3 is 2.57 bits per heavy atom. The van der Waals surface area contributed by atoms with Gasteiger partial charge in [-0.1, -0.05) is 19.3 Å². The van der Waals surface area contributed by atoms with Crippen molar-refractivity contribution in [2.45, 2.75) is 38.1 Å². The van der Waals surface area contributed by atoms with E-state index in [0.717, 1.165) is 31.9 Å². The molecule has 1 aliphatic heterocycles. The van der Waals surface area contributed by atoms with E-state index < -0.39 is 4.92 Å². The number of hydrogen-bond donors (Lipinski definition) is 1. The molecule has 0 aromatic carbocycles. The number of rotatable bonds is 4. The van der Waals surface area contributed by atoms with E-state index in [4.69, 9.17) is 4.42 Å². The minimum Gasteiger partial charge on any atom is -0.404 e. The van der Waals surface area contributed by atoms with E-state index in [0.29, 0.717) is 5.92 Å². The molecule has 0 amide bonds. The highest BCUT2D eigenvalue weighted by Crippen LogP contribution is 2.39. The Balaban J connectivity index is 1.84. The molecule has 1 aromatic heterocycles. The second kappa shape index (κ2) is 6.58. The molecular formula is C15H23N3O3. The van der Waals surface area contributed by atoms with Gasteiger partial charge in [0.1, 0.15) is 10.7 Å². The average molecular weight is 293 g/mol. The Kier molecular flexibility index (Phi) is 4.55. The van der Waals surface area contributed by atoms with E-state index in [1.165, 1.54) is 38.2 Å². The molecule has 0 radical (unpaired) electrons. The minimum absolute atomic E-state index is 0.138. The lowest BCUT2D eigenvalue weighted by Gasteiger charge is -2.39. The molecule has 2 fully saturated rings. The molecule has 21 heavy (non-hydrogen) atoms. The van der Waals surface area contributed by atoms with Crippen LogP contribution in [-0.4, -0.2) is 36.0 Å². The predicted molar refractivity (Wildman–Crippen MR) is 79.1 cm³/mol. The largest absolute Gasteiger partial charge is 0.433 e. The molecular weight excluding hydrogens is 270 g/mol. The minimum atomic E-state index is -0.445. The van der Waals surface area contributed by atoms with Crippen molar-refractivity contribution >= 4 is 5.88 Å². The van der Waals surface area contributed by atoms with Crippen molar-refractivity contribution in [3.05, 3.63) is 28.0 Å². The summed E-state index contributed by atoms with van der Waals surface area (Å²) in [6.07, 6.45) is 6.22. The topological polar surface area (TPSA) is 71.6 Å². The first-order chi connectivity index (χ1) is 10.3. The van der Waals surface area contributed by atoms with Crippen molar-refractivity contribution in [3.63, 3.8) is 0 Å². The van der Waals surface area contributed by atoms with Crippen LogP contribution in [-0.2, 0) is 0 Å². The molecule has 0 unspecified atom stereocenters. The maximum absolute atomic E-state index is 10.9. The first kappa shape index (κ1) is 14.5. The number of hydrogen-bond acceptors (Lipinski definition) is 5. The van der Waals surface area contributed by atoms with E-state index in [2.05, 4.69) is 10.2 Å². The summed E-state index contributed by atoms with van der Waals surface area (Å²) >= 11 is 0. The monoisotopic (exact) mass is 293 g/mol. The fourth-order valence-corrected chi connectivity index (χ4v) is 3.72. The summed E-state index contributed by atoms with van der Waals surface area (Å²) in [6.45, 7) is 3.92. The molecule has 6 nitrogen and oxygen atoms in total. The Labute approximate surface area is 124 Å². The molecule has 0 spiro atoms. The summed E-state index contributed by atoms with van der Waals surface area (Å²) in [7, 11) is 0. The Morgan fingerprint density at radius 1 is 1.24 bits per heavy atom. The number of nitrogens with one attached hydrogen (secondary N) is 1. The second-order valence-electron chi connectivity index (χ2n) is 6.06. The standard InChI is InChI=1S/C15H23N3O3/c19-18(20)14-7-6-13(21-14)15(12-4-2-1-3-5-12)17-10-8-16-9-11-17/h6-7,12,15-16H,1-5,8-11H2/t15-/m1/s1. The van der Waals surface area contributed by atoms with Gasteiger partial charge in [0.2, 0.25) is 0 Å².